The maximum atomic E-state index is 9.97. The molecular weight excluding hydrogens is 388 g/mol. The molecule has 3 N–H and O–H groups in total. The average molecular weight is 410 g/mol. The van der Waals surface area contributed by atoms with Gasteiger partial charge in [-0.15, -0.1) is 0 Å². The van der Waals surface area contributed by atoms with Crippen LogP contribution in [0.1, 0.15) is 36.4 Å². The normalized spacial score (nSPS) is 23.2. The van der Waals surface area contributed by atoms with Gasteiger partial charge in [0.25, 0.3) is 0 Å². The number of hydrogen-bond acceptors (Lipinski definition) is 8. The first-order chi connectivity index (χ1) is 14.8. The van der Waals surface area contributed by atoms with Gasteiger partial charge in [-0.3, -0.25) is 0 Å². The van der Waals surface area contributed by atoms with Crippen LogP contribution in [0, 0.1) is 5.92 Å². The van der Waals surface area contributed by atoms with Crippen LogP contribution in [-0.4, -0.2) is 29.7 Å². The van der Waals surface area contributed by atoms with Crippen molar-refractivity contribution in [2.45, 2.75) is 25.3 Å². The summed E-state index contributed by atoms with van der Waals surface area (Å²) in [7, 11) is 0. The van der Waals surface area contributed by atoms with Crippen molar-refractivity contribution in [3.05, 3.63) is 53.1 Å². The highest BCUT2D eigenvalue weighted by Gasteiger charge is 2.33. The number of oxime groups is 1. The average Bonchev–Trinajstić information content (AvgIpc) is 3.43. The molecule has 5 rings (SSSR count). The third-order valence-electron chi connectivity index (χ3n) is 5.78. The van der Waals surface area contributed by atoms with Crippen molar-refractivity contribution in [2.24, 2.45) is 11.1 Å². The lowest BCUT2D eigenvalue weighted by Crippen LogP contribution is -2.34. The number of benzene rings is 2. The molecule has 0 radical (unpaired) electrons. The van der Waals surface area contributed by atoms with E-state index in [4.69, 9.17) is 18.9 Å². The van der Waals surface area contributed by atoms with Crippen LogP contribution < -0.4 is 24.4 Å². The van der Waals surface area contributed by atoms with Crippen LogP contribution >= 0.6 is 0 Å². The topological polar surface area (TPSA) is 102 Å². The molecule has 0 bridgehead atoms. The van der Waals surface area contributed by atoms with Crippen LogP contribution in [0.5, 0.6) is 23.0 Å². The molecule has 156 valence electrons. The number of ether oxygens (including phenoxy) is 4. The van der Waals surface area contributed by atoms with Crippen molar-refractivity contribution in [1.82, 2.24) is 5.48 Å². The zero-order valence-electron chi connectivity index (χ0n) is 16.2. The molecule has 0 spiro atoms. The highest BCUT2D eigenvalue weighted by atomic mass is 16.7. The zero-order chi connectivity index (χ0) is 20.5. The molecule has 0 amide bonds. The van der Waals surface area contributed by atoms with Gasteiger partial charge in [0.05, 0.1) is 11.8 Å². The SMILES string of the molecule is O/N=C1/C(=C\c2ccc3c(c2)OCO3)CCCC1C(NO)c1ccc2c(c1)OCO2. The minimum absolute atomic E-state index is 0.186. The summed E-state index contributed by atoms with van der Waals surface area (Å²) < 4.78 is 21.7. The first-order valence-corrected chi connectivity index (χ1v) is 9.88. The van der Waals surface area contributed by atoms with E-state index < -0.39 is 6.04 Å². The van der Waals surface area contributed by atoms with Crippen molar-refractivity contribution in [2.75, 3.05) is 13.6 Å². The second kappa shape index (κ2) is 7.89. The minimum atomic E-state index is -0.453. The molecule has 0 aromatic heterocycles. The van der Waals surface area contributed by atoms with E-state index in [0.717, 1.165) is 41.7 Å². The molecule has 2 heterocycles. The molecule has 30 heavy (non-hydrogen) atoms. The first kappa shape index (κ1) is 18.8. The summed E-state index contributed by atoms with van der Waals surface area (Å²) in [5.74, 6) is 2.53. The highest BCUT2D eigenvalue weighted by molar-refractivity contribution is 6.06. The number of fused-ring (bicyclic) bond motifs is 2. The number of rotatable bonds is 4. The second-order valence-corrected chi connectivity index (χ2v) is 7.49. The Morgan fingerprint density at radius 2 is 1.67 bits per heavy atom. The fraction of sp³-hybridized carbons (Fsp3) is 0.318. The lowest BCUT2D eigenvalue weighted by atomic mass is 9.77. The second-order valence-electron chi connectivity index (χ2n) is 7.49. The number of nitrogens with one attached hydrogen (secondary N) is 1. The fourth-order valence-corrected chi connectivity index (χ4v) is 4.33. The summed E-state index contributed by atoms with van der Waals surface area (Å²) in [6.07, 6.45) is 4.45. The molecule has 1 fully saturated rings. The quantitative estimate of drug-likeness (QED) is 0.519. The van der Waals surface area contributed by atoms with Crippen LogP contribution in [0.3, 0.4) is 0 Å². The van der Waals surface area contributed by atoms with Gasteiger partial charge in [-0.1, -0.05) is 17.3 Å². The molecule has 2 unspecified atom stereocenters. The van der Waals surface area contributed by atoms with Crippen LogP contribution in [0.2, 0.25) is 0 Å². The van der Waals surface area contributed by atoms with Gasteiger partial charge in [0, 0.05) is 5.92 Å². The van der Waals surface area contributed by atoms with Gasteiger partial charge < -0.3 is 29.4 Å². The summed E-state index contributed by atoms with van der Waals surface area (Å²) in [5.41, 5.74) is 5.66. The van der Waals surface area contributed by atoms with Crippen molar-refractivity contribution < 1.29 is 29.4 Å². The number of hydrogen-bond donors (Lipinski definition) is 3. The van der Waals surface area contributed by atoms with Crippen LogP contribution in [0.4, 0.5) is 0 Å². The lowest BCUT2D eigenvalue weighted by molar-refractivity contribution is 0.106. The van der Waals surface area contributed by atoms with E-state index in [1.165, 1.54) is 0 Å². The van der Waals surface area contributed by atoms with Crippen LogP contribution in [0.15, 0.2) is 47.1 Å². The molecule has 0 saturated heterocycles. The van der Waals surface area contributed by atoms with E-state index in [1.54, 1.807) is 0 Å². The van der Waals surface area contributed by atoms with Gasteiger partial charge in [0.15, 0.2) is 23.0 Å². The van der Waals surface area contributed by atoms with Crippen LogP contribution in [-0.2, 0) is 0 Å². The summed E-state index contributed by atoms with van der Waals surface area (Å²) in [5, 5.41) is 23.5. The summed E-state index contributed by atoms with van der Waals surface area (Å²) >= 11 is 0. The smallest absolute Gasteiger partial charge is 0.231 e. The van der Waals surface area contributed by atoms with Crippen molar-refractivity contribution in [3.8, 4) is 23.0 Å². The Bertz CT molecular complexity index is 1020. The third kappa shape index (κ3) is 3.34. The molecule has 2 aromatic carbocycles. The maximum Gasteiger partial charge on any atom is 0.231 e. The molecule has 2 aliphatic heterocycles. The predicted octanol–water partition coefficient (Wildman–Crippen LogP) is 3.88. The zero-order valence-corrected chi connectivity index (χ0v) is 16.2. The third-order valence-corrected chi connectivity index (χ3v) is 5.78. The Morgan fingerprint density at radius 1 is 0.967 bits per heavy atom. The molecule has 1 aliphatic carbocycles. The molecule has 2 aromatic rings. The molecule has 3 aliphatic rings. The number of nitrogens with zero attached hydrogens (tertiary/aromatic N) is 1. The Kier molecular flexibility index (Phi) is 4.94. The number of allylic oxidation sites excluding steroid dienone is 1. The molecule has 1 saturated carbocycles. The number of hydroxylamine groups is 1. The van der Waals surface area contributed by atoms with Gasteiger partial charge in [0.1, 0.15) is 0 Å². The van der Waals surface area contributed by atoms with E-state index in [2.05, 4.69) is 10.6 Å². The fourth-order valence-electron chi connectivity index (χ4n) is 4.33. The van der Waals surface area contributed by atoms with Crippen LogP contribution in [0.25, 0.3) is 6.08 Å². The first-order valence-electron chi connectivity index (χ1n) is 9.88. The Labute approximate surface area is 173 Å². The summed E-state index contributed by atoms with van der Waals surface area (Å²) in [6.45, 7) is 0.408. The molecular formula is C22H22N2O6. The Hall–Kier alpha value is -3.23. The van der Waals surface area contributed by atoms with Crippen molar-refractivity contribution in [3.63, 3.8) is 0 Å². The van der Waals surface area contributed by atoms with E-state index >= 15 is 0 Å². The van der Waals surface area contributed by atoms with Crippen molar-refractivity contribution >= 4 is 11.8 Å². The molecule has 8 heteroatoms. The van der Waals surface area contributed by atoms with E-state index in [1.807, 2.05) is 42.5 Å². The lowest BCUT2D eigenvalue weighted by Gasteiger charge is -2.31. The monoisotopic (exact) mass is 410 g/mol. The Balaban J connectivity index is 1.45. The van der Waals surface area contributed by atoms with Crippen molar-refractivity contribution in [1.29, 1.82) is 0 Å². The molecule has 2 atom stereocenters. The maximum absolute atomic E-state index is 9.97. The molecule has 8 nitrogen and oxygen atoms in total. The largest absolute Gasteiger partial charge is 0.454 e. The van der Waals surface area contributed by atoms with Gasteiger partial charge in [-0.05, 0) is 66.3 Å². The predicted molar refractivity (Wildman–Crippen MR) is 107 cm³/mol. The van der Waals surface area contributed by atoms with Gasteiger partial charge in [-0.25, -0.2) is 0 Å². The summed E-state index contributed by atoms with van der Waals surface area (Å²) in [6, 6.07) is 10.8. The van der Waals surface area contributed by atoms with Gasteiger partial charge in [-0.2, -0.15) is 5.48 Å². The van der Waals surface area contributed by atoms with E-state index in [0.29, 0.717) is 23.0 Å². The van der Waals surface area contributed by atoms with E-state index in [-0.39, 0.29) is 19.5 Å². The Morgan fingerprint density at radius 3 is 2.40 bits per heavy atom. The summed E-state index contributed by atoms with van der Waals surface area (Å²) in [4.78, 5) is 0. The standard InChI is InChI=1S/C22H22N2O6/c25-23-21-14(8-13-4-6-17-19(9-13)29-11-27-17)2-1-3-16(21)22(24-26)15-5-7-18-20(10-15)30-12-28-18/h4-10,16,22,24-26H,1-3,11-12H2/b14-8-,23-21-. The highest BCUT2D eigenvalue weighted by Crippen LogP contribution is 2.40. The van der Waals surface area contributed by atoms with Gasteiger partial charge in [0.2, 0.25) is 13.6 Å². The van der Waals surface area contributed by atoms with E-state index in [9.17, 15) is 10.4 Å². The minimum Gasteiger partial charge on any atom is -0.454 e. The van der Waals surface area contributed by atoms with Gasteiger partial charge >= 0.3 is 0 Å².